The number of carboxylic acids is 1. The van der Waals surface area contributed by atoms with Crippen molar-refractivity contribution in [1.82, 2.24) is 4.90 Å². The molecule has 150 valence electrons. The summed E-state index contributed by atoms with van der Waals surface area (Å²) in [5, 5.41) is 11.2. The molecular weight excluding hydrogens is 393 g/mol. The fraction of sp³-hybridized carbons (Fsp3) is 0.348. The quantitative estimate of drug-likeness (QED) is 0.479. The number of carbonyl (C=O) groups excluding carboxylic acids is 3. The minimum absolute atomic E-state index is 0. The average Bonchev–Trinajstić information content (AvgIpc) is 3.00. The number of benzene rings is 2. The molecule has 2 aromatic rings. The van der Waals surface area contributed by atoms with Gasteiger partial charge < -0.3 is 14.6 Å². The molecule has 1 aliphatic carbocycles. The number of imide groups is 1. The predicted molar refractivity (Wildman–Crippen MR) is 103 cm³/mol. The van der Waals surface area contributed by atoms with Crippen LogP contribution >= 0.6 is 0 Å². The number of fused-ring (bicyclic) bond motifs is 1. The van der Waals surface area contributed by atoms with E-state index >= 15 is 0 Å². The van der Waals surface area contributed by atoms with E-state index in [1.807, 2.05) is 30.3 Å². The van der Waals surface area contributed by atoms with Gasteiger partial charge in [0.1, 0.15) is 0 Å². The molecule has 0 aromatic heterocycles. The van der Waals surface area contributed by atoms with Crippen LogP contribution in [-0.4, -0.2) is 35.4 Å². The molecule has 2 amide bonds. The van der Waals surface area contributed by atoms with Crippen LogP contribution in [0.25, 0.3) is 0 Å². The minimum atomic E-state index is -1.38. The Labute approximate surface area is 197 Å². The van der Waals surface area contributed by atoms with Crippen LogP contribution in [0.15, 0.2) is 48.5 Å². The molecule has 1 saturated carbocycles. The molecule has 6 nitrogen and oxygen atoms in total. The molecule has 0 bridgehead atoms. The third kappa shape index (κ3) is 4.52. The van der Waals surface area contributed by atoms with Gasteiger partial charge in [-0.2, -0.15) is 0 Å². The first-order chi connectivity index (χ1) is 14.1. The van der Waals surface area contributed by atoms with Crippen molar-refractivity contribution in [2.24, 2.45) is 0 Å². The van der Waals surface area contributed by atoms with Crippen molar-refractivity contribution in [3.8, 4) is 0 Å². The van der Waals surface area contributed by atoms with E-state index < -0.39 is 23.8 Å². The van der Waals surface area contributed by atoms with Crippen molar-refractivity contribution in [3.05, 3.63) is 70.8 Å². The fourth-order valence-corrected chi connectivity index (χ4v) is 4.12. The van der Waals surface area contributed by atoms with Gasteiger partial charge in [0.05, 0.1) is 35.8 Å². The summed E-state index contributed by atoms with van der Waals surface area (Å²) in [4.78, 5) is 38.5. The summed E-state index contributed by atoms with van der Waals surface area (Å²) in [6.45, 7) is 0.216. The molecule has 1 fully saturated rings. The van der Waals surface area contributed by atoms with Gasteiger partial charge in [-0.15, -0.1) is 0 Å². The smallest absolute Gasteiger partial charge is 0.545 e. The van der Waals surface area contributed by atoms with Crippen molar-refractivity contribution >= 4 is 17.8 Å². The molecule has 0 unspecified atom stereocenters. The molecule has 1 heterocycles. The van der Waals surface area contributed by atoms with Crippen molar-refractivity contribution in [2.75, 3.05) is 6.61 Å². The number of amides is 2. The van der Waals surface area contributed by atoms with Gasteiger partial charge in [0.25, 0.3) is 11.8 Å². The largest absolute Gasteiger partial charge is 1.00 e. The number of carboxylic acid groups (broad SMARTS) is 1. The summed E-state index contributed by atoms with van der Waals surface area (Å²) in [5.74, 6) is -2.32. The third-order valence-corrected chi connectivity index (χ3v) is 5.69. The zero-order chi connectivity index (χ0) is 20.4. The molecule has 1 aliphatic heterocycles. The molecule has 30 heavy (non-hydrogen) atoms. The minimum Gasteiger partial charge on any atom is -0.545 e. The zero-order valence-electron chi connectivity index (χ0n) is 17.0. The maximum atomic E-state index is 13.1. The predicted octanol–water partition coefficient (Wildman–Crippen LogP) is -0.259. The SMILES string of the molecule is O=C([O-])c1ccc2c(c1)C(=O)N([C@H](COC1CCCCC1)c1ccccc1)C2=O.[Na+]. The molecule has 2 aliphatic rings. The van der Waals surface area contributed by atoms with Gasteiger partial charge >= 0.3 is 29.6 Å². The Morgan fingerprint density at radius 2 is 1.67 bits per heavy atom. The zero-order valence-corrected chi connectivity index (χ0v) is 19.0. The van der Waals surface area contributed by atoms with E-state index in [4.69, 9.17) is 4.74 Å². The van der Waals surface area contributed by atoms with Crippen LogP contribution in [0.3, 0.4) is 0 Å². The Morgan fingerprint density at radius 3 is 2.33 bits per heavy atom. The van der Waals surface area contributed by atoms with Crippen LogP contribution < -0.4 is 34.7 Å². The van der Waals surface area contributed by atoms with Crippen LogP contribution in [0.4, 0.5) is 0 Å². The normalized spacial score (nSPS) is 17.4. The Morgan fingerprint density at radius 1 is 1.00 bits per heavy atom. The standard InChI is InChI=1S/C23H23NO5.Na/c25-21-18-12-11-16(23(27)28)13-19(18)22(26)24(21)20(15-7-3-1-4-8-15)14-29-17-9-5-2-6-10-17;/h1,3-4,7-8,11-13,17,20H,2,5-6,9-10,14H2,(H,27,28);/q;+1/p-1/t20-;/m1./s1. The summed E-state index contributed by atoms with van der Waals surface area (Å²) >= 11 is 0. The number of aromatic carboxylic acids is 1. The second kappa shape index (κ2) is 9.88. The van der Waals surface area contributed by atoms with Gasteiger partial charge in [-0.3, -0.25) is 14.5 Å². The summed E-state index contributed by atoms with van der Waals surface area (Å²) < 4.78 is 6.12. The van der Waals surface area contributed by atoms with Gasteiger partial charge in [-0.25, -0.2) is 0 Å². The summed E-state index contributed by atoms with van der Waals surface area (Å²) in [6, 6.07) is 12.6. The Bertz CT molecular complexity index is 940. The summed E-state index contributed by atoms with van der Waals surface area (Å²) in [7, 11) is 0. The molecule has 0 saturated heterocycles. The van der Waals surface area contributed by atoms with E-state index in [1.165, 1.54) is 29.5 Å². The Balaban J connectivity index is 0.00000256. The number of rotatable bonds is 6. The molecule has 7 heteroatoms. The topological polar surface area (TPSA) is 86.7 Å². The number of nitrogens with zero attached hydrogens (tertiary/aromatic N) is 1. The number of hydrogen-bond acceptors (Lipinski definition) is 5. The maximum absolute atomic E-state index is 13.1. The molecular formula is C23H22NNaO5. The van der Waals surface area contributed by atoms with Crippen LogP contribution in [0.1, 0.15) is 74.8 Å². The molecule has 2 aromatic carbocycles. The van der Waals surface area contributed by atoms with E-state index in [-0.39, 0.29) is 59.0 Å². The fourth-order valence-electron chi connectivity index (χ4n) is 4.12. The van der Waals surface area contributed by atoms with Crippen LogP contribution in [0.2, 0.25) is 0 Å². The van der Waals surface area contributed by atoms with Crippen molar-refractivity contribution in [3.63, 3.8) is 0 Å². The molecule has 1 atom stereocenters. The van der Waals surface area contributed by atoms with Crippen molar-refractivity contribution in [1.29, 1.82) is 0 Å². The number of ether oxygens (including phenoxy) is 1. The molecule has 0 spiro atoms. The van der Waals surface area contributed by atoms with E-state index in [0.717, 1.165) is 31.2 Å². The van der Waals surface area contributed by atoms with Gasteiger partial charge in [0, 0.05) is 0 Å². The Hall–Kier alpha value is -1.99. The summed E-state index contributed by atoms with van der Waals surface area (Å²) in [5.41, 5.74) is 0.980. The van der Waals surface area contributed by atoms with E-state index in [1.54, 1.807) is 0 Å². The van der Waals surface area contributed by atoms with Crippen molar-refractivity contribution < 1.29 is 53.8 Å². The molecule has 0 radical (unpaired) electrons. The van der Waals surface area contributed by atoms with Crippen molar-refractivity contribution in [2.45, 2.75) is 44.2 Å². The van der Waals surface area contributed by atoms with Gasteiger partial charge in [0.15, 0.2) is 0 Å². The van der Waals surface area contributed by atoms with Crippen LogP contribution in [0.5, 0.6) is 0 Å². The van der Waals surface area contributed by atoms with Gasteiger partial charge in [-0.1, -0.05) is 55.7 Å². The third-order valence-electron chi connectivity index (χ3n) is 5.69. The number of hydrogen-bond donors (Lipinski definition) is 0. The second-order valence-electron chi connectivity index (χ2n) is 7.55. The van der Waals surface area contributed by atoms with E-state index in [0.29, 0.717) is 0 Å². The monoisotopic (exact) mass is 415 g/mol. The number of carbonyl (C=O) groups is 3. The maximum Gasteiger partial charge on any atom is 1.00 e. The van der Waals surface area contributed by atoms with Crippen LogP contribution in [-0.2, 0) is 4.74 Å². The Kier molecular flexibility index (Phi) is 7.47. The molecule has 4 rings (SSSR count). The summed E-state index contributed by atoms with van der Waals surface area (Å²) in [6.07, 6.45) is 5.56. The first-order valence-corrected chi connectivity index (χ1v) is 9.96. The first kappa shape index (κ1) is 22.7. The van der Waals surface area contributed by atoms with E-state index in [9.17, 15) is 19.5 Å². The van der Waals surface area contributed by atoms with E-state index in [2.05, 4.69) is 0 Å². The van der Waals surface area contributed by atoms with Gasteiger partial charge in [0.2, 0.25) is 0 Å². The van der Waals surface area contributed by atoms with Gasteiger partial charge in [-0.05, 0) is 36.1 Å². The van der Waals surface area contributed by atoms with Crippen LogP contribution in [0, 0.1) is 0 Å². The molecule has 0 N–H and O–H groups in total. The second-order valence-corrected chi connectivity index (χ2v) is 7.55. The average molecular weight is 415 g/mol. The first-order valence-electron chi connectivity index (χ1n) is 9.96.